The molecule has 1 N–H and O–H groups in total. The molecule has 4 heteroatoms. The Morgan fingerprint density at radius 2 is 1.75 bits per heavy atom. The van der Waals surface area contributed by atoms with Gasteiger partial charge in [0.15, 0.2) is 0 Å². The molecule has 1 aliphatic rings. The molecule has 3 nitrogen and oxygen atoms in total. The zero-order valence-electron chi connectivity index (χ0n) is 14.1. The number of nitrogens with one attached hydrogen (secondary N) is 1. The Kier molecular flexibility index (Phi) is 4.76. The summed E-state index contributed by atoms with van der Waals surface area (Å²) in [4.78, 5) is 0.305. The highest BCUT2D eigenvalue weighted by Gasteiger charge is 2.28. The standard InChI is InChI=1S/C20H23NO2S/c1-3-4-8-19-18-9-6-5-7-16(18)14-20(19)21-24(22,23)17-12-10-15(2)11-13-17/h5-7,9-14,19,21H,3-4,8H2,1-2H3/t19-/m0/s1. The molecule has 0 saturated heterocycles. The van der Waals surface area contributed by atoms with E-state index in [0.29, 0.717) is 4.90 Å². The maximum absolute atomic E-state index is 12.7. The number of fused-ring (bicyclic) bond motifs is 1. The van der Waals surface area contributed by atoms with E-state index in [1.807, 2.05) is 43.3 Å². The van der Waals surface area contributed by atoms with Gasteiger partial charge in [-0.3, -0.25) is 4.72 Å². The highest BCUT2D eigenvalue weighted by molar-refractivity contribution is 7.89. The van der Waals surface area contributed by atoms with E-state index in [4.69, 9.17) is 0 Å². The number of rotatable bonds is 6. The summed E-state index contributed by atoms with van der Waals surface area (Å²) >= 11 is 0. The number of unbranched alkanes of at least 4 members (excludes halogenated alkanes) is 1. The van der Waals surface area contributed by atoms with Crippen LogP contribution in [-0.2, 0) is 10.0 Å². The lowest BCUT2D eigenvalue weighted by molar-refractivity contribution is 0.579. The van der Waals surface area contributed by atoms with Crippen LogP contribution in [0.3, 0.4) is 0 Å². The largest absolute Gasteiger partial charge is 0.283 e. The average Bonchev–Trinajstić information content (AvgIpc) is 2.89. The third-order valence-electron chi connectivity index (χ3n) is 4.49. The van der Waals surface area contributed by atoms with Gasteiger partial charge in [-0.15, -0.1) is 0 Å². The molecular weight excluding hydrogens is 318 g/mol. The van der Waals surface area contributed by atoms with Crippen LogP contribution in [-0.4, -0.2) is 8.42 Å². The van der Waals surface area contributed by atoms with Gasteiger partial charge < -0.3 is 0 Å². The molecule has 3 rings (SSSR count). The Morgan fingerprint density at radius 1 is 1.04 bits per heavy atom. The van der Waals surface area contributed by atoms with Crippen LogP contribution in [0.15, 0.2) is 59.1 Å². The average molecular weight is 341 g/mol. The fourth-order valence-electron chi connectivity index (χ4n) is 3.15. The second kappa shape index (κ2) is 6.81. The summed E-state index contributed by atoms with van der Waals surface area (Å²) in [5, 5.41) is 0. The van der Waals surface area contributed by atoms with Gasteiger partial charge >= 0.3 is 0 Å². The molecule has 2 aromatic carbocycles. The third kappa shape index (κ3) is 3.39. The minimum Gasteiger partial charge on any atom is -0.283 e. The van der Waals surface area contributed by atoms with E-state index in [1.165, 1.54) is 5.56 Å². The molecule has 0 aromatic heterocycles. The molecule has 0 saturated carbocycles. The molecule has 0 unspecified atom stereocenters. The highest BCUT2D eigenvalue weighted by Crippen LogP contribution is 2.38. The molecule has 0 aliphatic heterocycles. The Morgan fingerprint density at radius 3 is 2.46 bits per heavy atom. The lowest BCUT2D eigenvalue weighted by Gasteiger charge is -2.18. The van der Waals surface area contributed by atoms with Crippen LogP contribution in [0, 0.1) is 6.92 Å². The molecule has 0 bridgehead atoms. The van der Waals surface area contributed by atoms with Crippen molar-refractivity contribution in [2.75, 3.05) is 0 Å². The van der Waals surface area contributed by atoms with Crippen LogP contribution in [0.5, 0.6) is 0 Å². The SMILES string of the molecule is CCCC[C@@H]1C(NS(=O)(=O)c2ccc(C)cc2)=Cc2ccccc21. The molecular formula is C20H23NO2S. The molecule has 0 fully saturated rings. The summed E-state index contributed by atoms with van der Waals surface area (Å²) in [5.74, 6) is 0.126. The van der Waals surface area contributed by atoms with E-state index in [9.17, 15) is 8.42 Å². The third-order valence-corrected chi connectivity index (χ3v) is 5.88. The number of sulfonamides is 1. The van der Waals surface area contributed by atoms with Gasteiger partial charge in [0.25, 0.3) is 10.0 Å². The molecule has 2 aromatic rings. The zero-order valence-corrected chi connectivity index (χ0v) is 14.9. The predicted molar refractivity (Wildman–Crippen MR) is 98.2 cm³/mol. The maximum Gasteiger partial charge on any atom is 0.261 e. The van der Waals surface area contributed by atoms with E-state index in [-0.39, 0.29) is 5.92 Å². The second-order valence-corrected chi connectivity index (χ2v) is 8.02. The normalized spacial score (nSPS) is 16.6. The lowest BCUT2D eigenvalue weighted by Crippen LogP contribution is -2.25. The number of benzene rings is 2. The van der Waals surface area contributed by atoms with Crippen molar-refractivity contribution < 1.29 is 8.42 Å². The molecule has 0 amide bonds. The Balaban J connectivity index is 1.89. The van der Waals surface area contributed by atoms with Gasteiger partial charge in [-0.1, -0.05) is 61.7 Å². The van der Waals surface area contributed by atoms with Crippen LogP contribution in [0.25, 0.3) is 6.08 Å². The fraction of sp³-hybridized carbons (Fsp3) is 0.300. The molecule has 1 atom stereocenters. The van der Waals surface area contributed by atoms with Gasteiger partial charge in [-0.05, 0) is 42.7 Å². The molecule has 24 heavy (non-hydrogen) atoms. The first-order chi connectivity index (χ1) is 11.5. The van der Waals surface area contributed by atoms with Gasteiger partial charge in [0.1, 0.15) is 0 Å². The molecule has 1 aliphatic carbocycles. The van der Waals surface area contributed by atoms with Crippen LogP contribution in [0.4, 0.5) is 0 Å². The first-order valence-corrected chi connectivity index (χ1v) is 9.89. The smallest absolute Gasteiger partial charge is 0.261 e. The van der Waals surface area contributed by atoms with Crippen molar-refractivity contribution in [2.24, 2.45) is 0 Å². The van der Waals surface area contributed by atoms with Crippen molar-refractivity contribution in [2.45, 2.75) is 43.9 Å². The van der Waals surface area contributed by atoms with Crippen LogP contribution < -0.4 is 4.72 Å². The quantitative estimate of drug-likeness (QED) is 0.834. The van der Waals surface area contributed by atoms with Gasteiger partial charge in [0.05, 0.1) is 4.90 Å². The zero-order chi connectivity index (χ0) is 17.2. The maximum atomic E-state index is 12.7. The predicted octanol–water partition coefficient (Wildman–Crippen LogP) is 4.60. The van der Waals surface area contributed by atoms with E-state index >= 15 is 0 Å². The number of hydrogen-bond acceptors (Lipinski definition) is 2. The minimum atomic E-state index is -3.55. The monoisotopic (exact) mass is 341 g/mol. The number of aryl methyl sites for hydroxylation is 1. The highest BCUT2D eigenvalue weighted by atomic mass is 32.2. The van der Waals surface area contributed by atoms with Crippen molar-refractivity contribution in [3.8, 4) is 0 Å². The first kappa shape index (κ1) is 16.8. The number of allylic oxidation sites excluding steroid dienone is 1. The summed E-state index contributed by atoms with van der Waals surface area (Å²) in [7, 11) is -3.55. The van der Waals surface area contributed by atoms with E-state index in [0.717, 1.165) is 36.1 Å². The lowest BCUT2D eigenvalue weighted by atomic mass is 9.94. The molecule has 0 spiro atoms. The molecule has 0 heterocycles. The van der Waals surface area contributed by atoms with Crippen LogP contribution in [0.1, 0.15) is 48.8 Å². The Hall–Kier alpha value is -2.07. The summed E-state index contributed by atoms with van der Waals surface area (Å²) < 4.78 is 28.3. The first-order valence-electron chi connectivity index (χ1n) is 8.41. The summed E-state index contributed by atoms with van der Waals surface area (Å²) in [6.07, 6.45) is 5.09. The topological polar surface area (TPSA) is 46.2 Å². The molecule has 126 valence electrons. The summed E-state index contributed by atoms with van der Waals surface area (Å²) in [6.45, 7) is 4.10. The van der Waals surface area contributed by atoms with Crippen LogP contribution >= 0.6 is 0 Å². The second-order valence-electron chi connectivity index (χ2n) is 6.34. The number of hydrogen-bond donors (Lipinski definition) is 1. The van der Waals surface area contributed by atoms with E-state index < -0.39 is 10.0 Å². The van der Waals surface area contributed by atoms with Gasteiger partial charge in [0, 0.05) is 11.6 Å². The van der Waals surface area contributed by atoms with Crippen molar-refractivity contribution in [1.82, 2.24) is 4.72 Å². The van der Waals surface area contributed by atoms with Crippen molar-refractivity contribution in [3.63, 3.8) is 0 Å². The van der Waals surface area contributed by atoms with Gasteiger partial charge in [-0.25, -0.2) is 8.42 Å². The van der Waals surface area contributed by atoms with E-state index in [2.05, 4.69) is 17.7 Å². The van der Waals surface area contributed by atoms with Gasteiger partial charge in [-0.2, -0.15) is 0 Å². The minimum absolute atomic E-state index is 0.126. The van der Waals surface area contributed by atoms with Gasteiger partial charge in [0.2, 0.25) is 0 Å². The van der Waals surface area contributed by atoms with Crippen molar-refractivity contribution in [1.29, 1.82) is 0 Å². The fourth-order valence-corrected chi connectivity index (χ4v) is 4.27. The van der Waals surface area contributed by atoms with Crippen LogP contribution in [0.2, 0.25) is 0 Å². The van der Waals surface area contributed by atoms with E-state index in [1.54, 1.807) is 12.1 Å². The van der Waals surface area contributed by atoms with Crippen molar-refractivity contribution in [3.05, 3.63) is 70.9 Å². The Labute approximate surface area is 144 Å². The van der Waals surface area contributed by atoms with Crippen molar-refractivity contribution >= 4 is 16.1 Å². The Bertz CT molecular complexity index is 851. The summed E-state index contributed by atoms with van der Waals surface area (Å²) in [5.41, 5.74) is 4.15. The summed E-state index contributed by atoms with van der Waals surface area (Å²) in [6, 6.07) is 15.1. The molecule has 0 radical (unpaired) electrons.